The topological polar surface area (TPSA) is 66.8 Å². The summed E-state index contributed by atoms with van der Waals surface area (Å²) < 4.78 is 5.55. The van der Waals surface area contributed by atoms with Crippen molar-refractivity contribution in [2.45, 2.75) is 31.3 Å². The van der Waals surface area contributed by atoms with Gasteiger partial charge >= 0.3 is 5.97 Å². The van der Waals surface area contributed by atoms with Crippen molar-refractivity contribution in [2.75, 3.05) is 6.61 Å². The summed E-state index contributed by atoms with van der Waals surface area (Å²) in [5.41, 5.74) is -0.953. The molecule has 2 N–H and O–H groups in total. The van der Waals surface area contributed by atoms with Gasteiger partial charge in [0, 0.05) is 0 Å². The molecule has 5 heteroatoms. The van der Waals surface area contributed by atoms with E-state index < -0.39 is 11.6 Å². The molecule has 19 heavy (non-hydrogen) atoms. The van der Waals surface area contributed by atoms with Gasteiger partial charge in [-0.15, -0.1) is 0 Å². The first-order valence-electron chi connectivity index (χ1n) is 6.33. The number of rotatable bonds is 4. The molecule has 1 aromatic carbocycles. The van der Waals surface area contributed by atoms with Crippen molar-refractivity contribution in [1.29, 1.82) is 0 Å². The lowest BCUT2D eigenvalue weighted by Gasteiger charge is -2.34. The Balaban J connectivity index is 1.90. The molecule has 0 radical (unpaired) electrons. The normalized spacial score (nSPS) is 26.9. The van der Waals surface area contributed by atoms with Gasteiger partial charge in [-0.1, -0.05) is 23.7 Å². The third-order valence-electron chi connectivity index (χ3n) is 3.60. The van der Waals surface area contributed by atoms with Gasteiger partial charge in [0.05, 0.1) is 16.5 Å². The van der Waals surface area contributed by atoms with Crippen LogP contribution >= 0.6 is 11.6 Å². The van der Waals surface area contributed by atoms with Crippen LogP contribution in [0, 0.1) is 5.92 Å². The van der Waals surface area contributed by atoms with Crippen molar-refractivity contribution in [1.82, 2.24) is 0 Å². The van der Waals surface area contributed by atoms with E-state index in [1.807, 2.05) is 12.1 Å². The summed E-state index contributed by atoms with van der Waals surface area (Å²) in [4.78, 5) is 10.9. The molecule has 0 saturated heterocycles. The minimum absolute atomic E-state index is 0.142. The number of halogens is 1. The highest BCUT2D eigenvalue weighted by molar-refractivity contribution is 6.32. The van der Waals surface area contributed by atoms with E-state index in [-0.39, 0.29) is 12.5 Å². The fraction of sp³-hybridized carbons (Fsp3) is 0.500. The Hall–Kier alpha value is -1.26. The Bertz CT molecular complexity index is 453. The molecule has 0 unspecified atom stereocenters. The summed E-state index contributed by atoms with van der Waals surface area (Å²) in [7, 11) is 0. The number of ether oxygens (including phenoxy) is 1. The zero-order valence-electron chi connectivity index (χ0n) is 10.5. The third kappa shape index (κ3) is 3.61. The van der Waals surface area contributed by atoms with Crippen molar-refractivity contribution in [2.24, 2.45) is 5.92 Å². The highest BCUT2D eigenvalue weighted by Gasteiger charge is 2.36. The van der Waals surface area contributed by atoms with E-state index in [0.29, 0.717) is 36.5 Å². The number of benzene rings is 1. The van der Waals surface area contributed by atoms with Gasteiger partial charge in [0.2, 0.25) is 0 Å². The largest absolute Gasteiger partial charge is 0.489 e. The molecule has 0 amide bonds. The molecule has 104 valence electrons. The van der Waals surface area contributed by atoms with E-state index >= 15 is 0 Å². The average Bonchev–Trinajstić information content (AvgIpc) is 2.38. The van der Waals surface area contributed by atoms with Crippen molar-refractivity contribution in [3.63, 3.8) is 0 Å². The van der Waals surface area contributed by atoms with Crippen molar-refractivity contribution in [3.05, 3.63) is 29.3 Å². The fourth-order valence-electron chi connectivity index (χ4n) is 2.32. The lowest BCUT2D eigenvalue weighted by molar-refractivity contribution is -0.145. The van der Waals surface area contributed by atoms with E-state index in [1.54, 1.807) is 12.1 Å². The van der Waals surface area contributed by atoms with Crippen LogP contribution in [-0.2, 0) is 4.79 Å². The molecule has 2 rings (SSSR count). The Morgan fingerprint density at radius 3 is 2.58 bits per heavy atom. The van der Waals surface area contributed by atoms with Gasteiger partial charge in [0.1, 0.15) is 12.4 Å². The van der Waals surface area contributed by atoms with Crippen LogP contribution in [0.2, 0.25) is 5.02 Å². The van der Waals surface area contributed by atoms with Crippen molar-refractivity contribution >= 4 is 17.6 Å². The highest BCUT2D eigenvalue weighted by atomic mass is 35.5. The maximum Gasteiger partial charge on any atom is 0.306 e. The Morgan fingerprint density at radius 1 is 1.37 bits per heavy atom. The van der Waals surface area contributed by atoms with Gasteiger partial charge in [0.25, 0.3) is 0 Å². The number of carbonyl (C=O) groups is 1. The summed E-state index contributed by atoms with van der Waals surface area (Å²) >= 11 is 5.97. The molecule has 1 aromatic rings. The number of carboxylic acids is 1. The molecular formula is C14H17ClO4. The average molecular weight is 285 g/mol. The molecule has 1 aliphatic rings. The Kier molecular flexibility index (Phi) is 4.32. The van der Waals surface area contributed by atoms with Crippen LogP contribution in [-0.4, -0.2) is 28.4 Å². The van der Waals surface area contributed by atoms with Crippen LogP contribution < -0.4 is 4.74 Å². The zero-order valence-corrected chi connectivity index (χ0v) is 11.3. The van der Waals surface area contributed by atoms with Crippen LogP contribution in [0.25, 0.3) is 0 Å². The number of hydrogen-bond donors (Lipinski definition) is 2. The number of para-hydroxylation sites is 1. The second-order valence-electron chi connectivity index (χ2n) is 5.06. The molecule has 1 saturated carbocycles. The van der Waals surface area contributed by atoms with Crippen LogP contribution in [0.4, 0.5) is 0 Å². The second-order valence-corrected chi connectivity index (χ2v) is 5.46. The number of aliphatic hydroxyl groups is 1. The summed E-state index contributed by atoms with van der Waals surface area (Å²) in [6.07, 6.45) is 1.85. The van der Waals surface area contributed by atoms with Gasteiger partial charge in [-0.2, -0.15) is 0 Å². The molecule has 0 aromatic heterocycles. The van der Waals surface area contributed by atoms with Crippen molar-refractivity contribution < 1.29 is 19.7 Å². The lowest BCUT2D eigenvalue weighted by atomic mass is 9.79. The minimum Gasteiger partial charge on any atom is -0.489 e. The fourth-order valence-corrected chi connectivity index (χ4v) is 2.51. The summed E-state index contributed by atoms with van der Waals surface area (Å²) in [5.74, 6) is -0.590. The summed E-state index contributed by atoms with van der Waals surface area (Å²) in [5, 5.41) is 19.8. The third-order valence-corrected chi connectivity index (χ3v) is 3.91. The molecular weight excluding hydrogens is 268 g/mol. The Morgan fingerprint density at radius 2 is 2.00 bits per heavy atom. The lowest BCUT2D eigenvalue weighted by Crippen LogP contribution is -2.41. The molecule has 0 heterocycles. The summed E-state index contributed by atoms with van der Waals surface area (Å²) in [6.45, 7) is 0.142. The maximum atomic E-state index is 10.9. The van der Waals surface area contributed by atoms with E-state index in [4.69, 9.17) is 21.4 Å². The molecule has 1 aliphatic carbocycles. The van der Waals surface area contributed by atoms with Gasteiger partial charge in [-0.25, -0.2) is 0 Å². The van der Waals surface area contributed by atoms with Crippen molar-refractivity contribution in [3.8, 4) is 5.75 Å². The predicted molar refractivity (Wildman–Crippen MR) is 71.5 cm³/mol. The highest BCUT2D eigenvalue weighted by Crippen LogP contribution is 2.33. The van der Waals surface area contributed by atoms with E-state index in [9.17, 15) is 9.90 Å². The van der Waals surface area contributed by atoms with Crippen LogP contribution in [0.1, 0.15) is 25.7 Å². The standard InChI is InChI=1S/C14H17ClO4/c15-11-3-1-2-4-12(11)19-9-14(18)7-5-10(6-8-14)13(16)17/h1-4,10,18H,5-9H2,(H,16,17). The quantitative estimate of drug-likeness (QED) is 0.892. The Labute approximate surface area is 117 Å². The summed E-state index contributed by atoms with van der Waals surface area (Å²) in [6, 6.07) is 7.09. The maximum absolute atomic E-state index is 10.9. The second kappa shape index (κ2) is 5.80. The first-order valence-corrected chi connectivity index (χ1v) is 6.70. The van der Waals surface area contributed by atoms with Gasteiger partial charge < -0.3 is 14.9 Å². The molecule has 0 spiro atoms. The number of aliphatic carboxylic acids is 1. The first kappa shape index (κ1) is 14.2. The SMILES string of the molecule is O=C(O)C1CCC(O)(COc2ccccc2Cl)CC1. The van der Waals surface area contributed by atoms with E-state index in [1.165, 1.54) is 0 Å². The van der Waals surface area contributed by atoms with Gasteiger partial charge in [0.15, 0.2) is 0 Å². The van der Waals surface area contributed by atoms with Crippen LogP contribution in [0.5, 0.6) is 5.75 Å². The molecule has 0 bridgehead atoms. The van der Waals surface area contributed by atoms with E-state index in [0.717, 1.165) is 0 Å². The predicted octanol–water partition coefficient (Wildman–Crippen LogP) is 2.72. The van der Waals surface area contributed by atoms with E-state index in [2.05, 4.69) is 0 Å². The molecule has 1 fully saturated rings. The minimum atomic E-state index is -0.953. The number of hydrogen-bond acceptors (Lipinski definition) is 3. The molecule has 0 aliphatic heterocycles. The monoisotopic (exact) mass is 284 g/mol. The van der Waals surface area contributed by atoms with Crippen LogP contribution in [0.15, 0.2) is 24.3 Å². The smallest absolute Gasteiger partial charge is 0.306 e. The van der Waals surface area contributed by atoms with Crippen LogP contribution in [0.3, 0.4) is 0 Å². The zero-order chi connectivity index (χ0) is 13.9. The molecule has 4 nitrogen and oxygen atoms in total. The number of carboxylic acid groups (broad SMARTS) is 1. The molecule has 0 atom stereocenters. The van der Waals surface area contributed by atoms with Gasteiger partial charge in [-0.3, -0.25) is 4.79 Å². The van der Waals surface area contributed by atoms with Gasteiger partial charge in [-0.05, 0) is 37.8 Å². The first-order chi connectivity index (χ1) is 9.00.